The molecule has 0 amide bonds. The maximum atomic E-state index is 12.4. The average molecular weight is 321 g/mol. The van der Waals surface area contributed by atoms with E-state index in [0.29, 0.717) is 34.3 Å². The second-order valence-electron chi connectivity index (χ2n) is 4.46. The van der Waals surface area contributed by atoms with E-state index in [9.17, 15) is 4.79 Å². The largest absolute Gasteiger partial charge is 0.497 e. The zero-order valence-electron chi connectivity index (χ0n) is 12.7. The Hall–Kier alpha value is -2.27. The second kappa shape index (κ2) is 7.13. The summed E-state index contributed by atoms with van der Waals surface area (Å²) in [6.07, 6.45) is 4.66. The summed E-state index contributed by atoms with van der Waals surface area (Å²) in [6.45, 7) is 2.62. The molecule has 0 unspecified atom stereocenters. The van der Waals surface area contributed by atoms with E-state index in [1.807, 2.05) is 6.92 Å². The van der Waals surface area contributed by atoms with Crippen LogP contribution in [-0.2, 0) is 6.54 Å². The van der Waals surface area contributed by atoms with Crippen molar-refractivity contribution in [2.75, 3.05) is 14.2 Å². The molecule has 0 radical (unpaired) electrons. The SMILES string of the molecule is CCn1ncc(Cl)c1/C=C/C(=O)c1cc(OC)ccc1OC. The molecule has 0 saturated carbocycles. The third-order valence-electron chi connectivity index (χ3n) is 3.20. The molecular weight excluding hydrogens is 304 g/mol. The zero-order valence-corrected chi connectivity index (χ0v) is 13.4. The Kier molecular flexibility index (Phi) is 5.22. The van der Waals surface area contributed by atoms with Gasteiger partial charge < -0.3 is 9.47 Å². The molecule has 2 rings (SSSR count). The molecular formula is C16H17ClN2O3. The van der Waals surface area contributed by atoms with E-state index in [2.05, 4.69) is 5.10 Å². The summed E-state index contributed by atoms with van der Waals surface area (Å²) in [5, 5.41) is 4.63. The molecule has 0 fully saturated rings. The molecule has 0 spiro atoms. The minimum atomic E-state index is -0.198. The van der Waals surface area contributed by atoms with E-state index >= 15 is 0 Å². The summed E-state index contributed by atoms with van der Waals surface area (Å²) in [7, 11) is 3.07. The van der Waals surface area contributed by atoms with Crippen molar-refractivity contribution in [3.05, 3.63) is 46.8 Å². The van der Waals surface area contributed by atoms with Gasteiger partial charge in [0.05, 0.1) is 36.7 Å². The number of ether oxygens (including phenoxy) is 2. The van der Waals surface area contributed by atoms with Crippen LogP contribution in [0.1, 0.15) is 23.0 Å². The van der Waals surface area contributed by atoms with Gasteiger partial charge in [-0.25, -0.2) is 0 Å². The van der Waals surface area contributed by atoms with Crippen LogP contribution in [-0.4, -0.2) is 29.8 Å². The Balaban J connectivity index is 2.32. The average Bonchev–Trinajstić information content (AvgIpc) is 2.91. The maximum absolute atomic E-state index is 12.4. The highest BCUT2D eigenvalue weighted by molar-refractivity contribution is 6.32. The number of halogens is 1. The highest BCUT2D eigenvalue weighted by Gasteiger charge is 2.12. The predicted molar refractivity (Wildman–Crippen MR) is 85.8 cm³/mol. The minimum absolute atomic E-state index is 0.198. The topological polar surface area (TPSA) is 53.4 Å². The molecule has 22 heavy (non-hydrogen) atoms. The predicted octanol–water partition coefficient (Wildman–Crippen LogP) is 3.47. The molecule has 1 aromatic heterocycles. The van der Waals surface area contributed by atoms with Crippen molar-refractivity contribution in [3.63, 3.8) is 0 Å². The summed E-state index contributed by atoms with van der Waals surface area (Å²) in [5.74, 6) is 0.885. The fraction of sp³-hybridized carbons (Fsp3) is 0.250. The first kappa shape index (κ1) is 16.1. The lowest BCUT2D eigenvalue weighted by Gasteiger charge is -2.08. The minimum Gasteiger partial charge on any atom is -0.497 e. The highest BCUT2D eigenvalue weighted by Crippen LogP contribution is 2.25. The van der Waals surface area contributed by atoms with Crippen molar-refractivity contribution in [2.24, 2.45) is 0 Å². The van der Waals surface area contributed by atoms with Gasteiger partial charge in [0.1, 0.15) is 11.5 Å². The van der Waals surface area contributed by atoms with Gasteiger partial charge in [0.25, 0.3) is 0 Å². The van der Waals surface area contributed by atoms with Crippen LogP contribution in [0.5, 0.6) is 11.5 Å². The molecule has 2 aromatic rings. The molecule has 1 aromatic carbocycles. The van der Waals surface area contributed by atoms with Gasteiger partial charge in [0.15, 0.2) is 5.78 Å². The fourth-order valence-electron chi connectivity index (χ4n) is 2.04. The van der Waals surface area contributed by atoms with Crippen LogP contribution in [0.4, 0.5) is 0 Å². The Morgan fingerprint density at radius 2 is 2.14 bits per heavy atom. The van der Waals surface area contributed by atoms with Crippen molar-refractivity contribution in [1.82, 2.24) is 9.78 Å². The van der Waals surface area contributed by atoms with Crippen LogP contribution in [0.2, 0.25) is 5.02 Å². The third-order valence-corrected chi connectivity index (χ3v) is 3.49. The van der Waals surface area contributed by atoms with Crippen molar-refractivity contribution in [1.29, 1.82) is 0 Å². The van der Waals surface area contributed by atoms with Gasteiger partial charge in [-0.15, -0.1) is 0 Å². The number of aryl methyl sites for hydroxylation is 1. The number of carbonyl (C=O) groups is 1. The number of nitrogens with zero attached hydrogens (tertiary/aromatic N) is 2. The van der Waals surface area contributed by atoms with Gasteiger partial charge in [0, 0.05) is 6.54 Å². The Morgan fingerprint density at radius 3 is 2.77 bits per heavy atom. The van der Waals surface area contributed by atoms with Gasteiger partial charge in [-0.3, -0.25) is 9.48 Å². The van der Waals surface area contributed by atoms with Gasteiger partial charge in [-0.1, -0.05) is 11.6 Å². The van der Waals surface area contributed by atoms with Crippen LogP contribution >= 0.6 is 11.6 Å². The molecule has 0 aliphatic rings. The molecule has 116 valence electrons. The number of aromatic nitrogens is 2. The number of benzene rings is 1. The molecule has 5 nitrogen and oxygen atoms in total. The van der Waals surface area contributed by atoms with Crippen molar-refractivity contribution in [2.45, 2.75) is 13.5 Å². The van der Waals surface area contributed by atoms with Crippen LogP contribution in [0.3, 0.4) is 0 Å². The van der Waals surface area contributed by atoms with E-state index in [1.54, 1.807) is 42.3 Å². The molecule has 0 N–H and O–H groups in total. The van der Waals surface area contributed by atoms with Crippen molar-refractivity contribution >= 4 is 23.5 Å². The molecule has 0 saturated heterocycles. The van der Waals surface area contributed by atoms with E-state index in [4.69, 9.17) is 21.1 Å². The monoisotopic (exact) mass is 320 g/mol. The third kappa shape index (κ3) is 3.31. The second-order valence-corrected chi connectivity index (χ2v) is 4.86. The maximum Gasteiger partial charge on any atom is 0.189 e. The van der Waals surface area contributed by atoms with Gasteiger partial charge in [-0.05, 0) is 37.3 Å². The van der Waals surface area contributed by atoms with Gasteiger partial charge in [-0.2, -0.15) is 5.10 Å². The van der Waals surface area contributed by atoms with Crippen LogP contribution in [0, 0.1) is 0 Å². The van der Waals surface area contributed by atoms with Crippen LogP contribution in [0.15, 0.2) is 30.5 Å². The van der Waals surface area contributed by atoms with Gasteiger partial charge in [0.2, 0.25) is 0 Å². The van der Waals surface area contributed by atoms with Crippen LogP contribution < -0.4 is 9.47 Å². The number of ketones is 1. The number of allylic oxidation sites excluding steroid dienone is 1. The first-order valence-electron chi connectivity index (χ1n) is 6.76. The quantitative estimate of drug-likeness (QED) is 0.604. The van der Waals surface area contributed by atoms with Crippen molar-refractivity contribution < 1.29 is 14.3 Å². The molecule has 0 aliphatic carbocycles. The number of hydrogen-bond acceptors (Lipinski definition) is 4. The molecule has 0 atom stereocenters. The van der Waals surface area contributed by atoms with Crippen LogP contribution in [0.25, 0.3) is 6.08 Å². The fourth-order valence-corrected chi connectivity index (χ4v) is 2.24. The smallest absolute Gasteiger partial charge is 0.189 e. The standard InChI is InChI=1S/C16H17ClN2O3/c1-4-19-14(13(17)10-18-19)6-7-15(20)12-9-11(21-2)5-8-16(12)22-3/h5-10H,4H2,1-3H3/b7-6+. The molecule has 0 aliphatic heterocycles. The lowest BCUT2D eigenvalue weighted by Crippen LogP contribution is -2.01. The number of rotatable bonds is 6. The van der Waals surface area contributed by atoms with E-state index in [0.717, 1.165) is 0 Å². The van der Waals surface area contributed by atoms with E-state index < -0.39 is 0 Å². The number of methoxy groups -OCH3 is 2. The zero-order chi connectivity index (χ0) is 16.1. The summed E-state index contributed by atoms with van der Waals surface area (Å²) in [4.78, 5) is 12.4. The first-order chi connectivity index (χ1) is 10.6. The Morgan fingerprint density at radius 1 is 1.36 bits per heavy atom. The van der Waals surface area contributed by atoms with E-state index in [1.165, 1.54) is 13.2 Å². The lowest BCUT2D eigenvalue weighted by atomic mass is 10.1. The summed E-state index contributed by atoms with van der Waals surface area (Å²) in [6, 6.07) is 5.08. The number of carbonyl (C=O) groups excluding carboxylic acids is 1. The summed E-state index contributed by atoms with van der Waals surface area (Å²) >= 11 is 6.07. The highest BCUT2D eigenvalue weighted by atomic mass is 35.5. The van der Waals surface area contributed by atoms with Gasteiger partial charge >= 0.3 is 0 Å². The Labute approximate surface area is 134 Å². The molecule has 1 heterocycles. The first-order valence-corrected chi connectivity index (χ1v) is 7.14. The molecule has 6 heteroatoms. The Bertz CT molecular complexity index is 707. The molecule has 0 bridgehead atoms. The lowest BCUT2D eigenvalue weighted by molar-refractivity contribution is 0.104. The summed E-state index contributed by atoms with van der Waals surface area (Å²) in [5.41, 5.74) is 1.12. The number of hydrogen-bond donors (Lipinski definition) is 0. The normalized spacial score (nSPS) is 10.9. The summed E-state index contributed by atoms with van der Waals surface area (Å²) < 4.78 is 12.1. The van der Waals surface area contributed by atoms with Crippen molar-refractivity contribution in [3.8, 4) is 11.5 Å². The van der Waals surface area contributed by atoms with E-state index in [-0.39, 0.29) is 5.78 Å².